The van der Waals surface area contributed by atoms with Crippen molar-refractivity contribution in [3.63, 3.8) is 0 Å². The van der Waals surface area contributed by atoms with Crippen molar-refractivity contribution in [3.05, 3.63) is 35.4 Å². The Bertz CT molecular complexity index is 322. The Morgan fingerprint density at radius 1 is 1.24 bits per heavy atom. The molecule has 0 aromatic heterocycles. The highest BCUT2D eigenvalue weighted by Crippen LogP contribution is 2.21. The number of hydrogen-bond acceptors (Lipinski definition) is 2. The zero-order valence-electron chi connectivity index (χ0n) is 11.4. The minimum Gasteiger partial charge on any atom is -0.329 e. The Morgan fingerprint density at radius 2 is 1.94 bits per heavy atom. The molecule has 0 aliphatic heterocycles. The van der Waals surface area contributed by atoms with Crippen LogP contribution in [0.2, 0.25) is 0 Å². The number of hydrogen-bond donors (Lipinski definition) is 1. The predicted octanol–water partition coefficient (Wildman–Crippen LogP) is 3.12. The molecule has 2 heteroatoms. The summed E-state index contributed by atoms with van der Waals surface area (Å²) in [5.41, 5.74) is 8.64. The molecule has 0 saturated carbocycles. The molecule has 0 radical (unpaired) electrons. The van der Waals surface area contributed by atoms with Gasteiger partial charge in [-0.2, -0.15) is 0 Å². The first-order valence-corrected chi connectivity index (χ1v) is 6.66. The quantitative estimate of drug-likeness (QED) is 0.734. The molecule has 96 valence electrons. The summed E-state index contributed by atoms with van der Waals surface area (Å²) in [6.07, 6.45) is 3.83. The first-order valence-electron chi connectivity index (χ1n) is 6.66. The van der Waals surface area contributed by atoms with Gasteiger partial charge in [0.1, 0.15) is 0 Å². The van der Waals surface area contributed by atoms with Crippen molar-refractivity contribution in [3.8, 4) is 0 Å². The summed E-state index contributed by atoms with van der Waals surface area (Å²) in [6, 6.07) is 8.91. The fourth-order valence-corrected chi connectivity index (χ4v) is 2.27. The molecule has 17 heavy (non-hydrogen) atoms. The van der Waals surface area contributed by atoms with E-state index in [0.717, 1.165) is 6.54 Å². The molecule has 1 aromatic rings. The van der Waals surface area contributed by atoms with Crippen LogP contribution in [0, 0.1) is 6.92 Å². The second kappa shape index (κ2) is 7.46. The van der Waals surface area contributed by atoms with E-state index in [9.17, 15) is 0 Å². The molecule has 1 aromatic carbocycles. The van der Waals surface area contributed by atoms with Crippen molar-refractivity contribution in [2.75, 3.05) is 20.1 Å². The summed E-state index contributed by atoms with van der Waals surface area (Å²) >= 11 is 0. The van der Waals surface area contributed by atoms with E-state index in [2.05, 4.69) is 50.1 Å². The lowest BCUT2D eigenvalue weighted by Crippen LogP contribution is -2.31. The first-order chi connectivity index (χ1) is 8.20. The SMILES string of the molecule is CCCCCN(C)C(CN)c1ccccc1C. The molecular formula is C15H26N2. The predicted molar refractivity (Wildman–Crippen MR) is 75.1 cm³/mol. The van der Waals surface area contributed by atoms with Gasteiger partial charge in [0.2, 0.25) is 0 Å². The lowest BCUT2D eigenvalue weighted by atomic mass is 10.00. The van der Waals surface area contributed by atoms with Crippen LogP contribution < -0.4 is 5.73 Å². The van der Waals surface area contributed by atoms with Crippen LogP contribution in [0.25, 0.3) is 0 Å². The van der Waals surface area contributed by atoms with Crippen LogP contribution in [0.1, 0.15) is 43.4 Å². The monoisotopic (exact) mass is 234 g/mol. The summed E-state index contributed by atoms with van der Waals surface area (Å²) in [5, 5.41) is 0. The molecular weight excluding hydrogens is 208 g/mol. The molecule has 0 fully saturated rings. The van der Waals surface area contributed by atoms with Gasteiger partial charge in [-0.15, -0.1) is 0 Å². The number of unbranched alkanes of at least 4 members (excludes halogenated alkanes) is 2. The maximum Gasteiger partial charge on any atom is 0.0470 e. The number of aryl methyl sites for hydroxylation is 1. The maximum atomic E-state index is 5.94. The van der Waals surface area contributed by atoms with Crippen LogP contribution in [-0.4, -0.2) is 25.0 Å². The normalized spacial score (nSPS) is 13.0. The summed E-state index contributed by atoms with van der Waals surface area (Å²) in [5.74, 6) is 0. The summed E-state index contributed by atoms with van der Waals surface area (Å²) in [4.78, 5) is 2.39. The smallest absolute Gasteiger partial charge is 0.0470 e. The van der Waals surface area contributed by atoms with Crippen LogP contribution in [0.5, 0.6) is 0 Å². The average molecular weight is 234 g/mol. The third kappa shape index (κ3) is 4.14. The third-order valence-electron chi connectivity index (χ3n) is 3.42. The van der Waals surface area contributed by atoms with Gasteiger partial charge in [0.25, 0.3) is 0 Å². The van der Waals surface area contributed by atoms with Gasteiger partial charge in [-0.05, 0) is 38.1 Å². The van der Waals surface area contributed by atoms with E-state index in [-0.39, 0.29) is 0 Å². The molecule has 0 heterocycles. The molecule has 0 saturated heterocycles. The second-order valence-electron chi connectivity index (χ2n) is 4.80. The highest BCUT2D eigenvalue weighted by atomic mass is 15.1. The summed E-state index contributed by atoms with van der Waals surface area (Å²) < 4.78 is 0. The van der Waals surface area contributed by atoms with Gasteiger partial charge in [-0.3, -0.25) is 4.90 Å². The average Bonchev–Trinajstić information content (AvgIpc) is 2.33. The minimum absolute atomic E-state index is 0.355. The molecule has 0 amide bonds. The van der Waals surface area contributed by atoms with Crippen molar-refractivity contribution in [1.82, 2.24) is 4.90 Å². The van der Waals surface area contributed by atoms with Crippen LogP contribution >= 0.6 is 0 Å². The fraction of sp³-hybridized carbons (Fsp3) is 0.600. The van der Waals surface area contributed by atoms with Gasteiger partial charge in [0.05, 0.1) is 0 Å². The Kier molecular flexibility index (Phi) is 6.23. The third-order valence-corrected chi connectivity index (χ3v) is 3.42. The maximum absolute atomic E-state index is 5.94. The molecule has 0 aliphatic rings. The van der Waals surface area contributed by atoms with Gasteiger partial charge in [0.15, 0.2) is 0 Å². The van der Waals surface area contributed by atoms with E-state index in [1.807, 2.05) is 0 Å². The molecule has 1 unspecified atom stereocenters. The molecule has 1 rings (SSSR count). The number of nitrogens with zero attached hydrogens (tertiary/aromatic N) is 1. The van der Waals surface area contributed by atoms with Crippen molar-refractivity contribution in [1.29, 1.82) is 0 Å². The largest absolute Gasteiger partial charge is 0.329 e. The van der Waals surface area contributed by atoms with Crippen LogP contribution in [-0.2, 0) is 0 Å². The molecule has 1 atom stereocenters. The van der Waals surface area contributed by atoms with Gasteiger partial charge in [0, 0.05) is 12.6 Å². The lowest BCUT2D eigenvalue weighted by Gasteiger charge is -2.28. The summed E-state index contributed by atoms with van der Waals surface area (Å²) in [6.45, 7) is 6.22. The molecule has 0 bridgehead atoms. The zero-order chi connectivity index (χ0) is 12.7. The zero-order valence-corrected chi connectivity index (χ0v) is 11.4. The van der Waals surface area contributed by atoms with E-state index in [1.165, 1.54) is 30.4 Å². The van der Waals surface area contributed by atoms with Gasteiger partial charge < -0.3 is 5.73 Å². The van der Waals surface area contributed by atoms with Crippen LogP contribution in [0.15, 0.2) is 24.3 Å². The second-order valence-corrected chi connectivity index (χ2v) is 4.80. The Balaban J connectivity index is 2.67. The fourth-order valence-electron chi connectivity index (χ4n) is 2.27. The Hall–Kier alpha value is -0.860. The standard InChI is InChI=1S/C15H26N2/c1-4-5-8-11-17(3)15(12-16)14-10-7-6-9-13(14)2/h6-7,9-10,15H,4-5,8,11-12,16H2,1-3H3. The highest BCUT2D eigenvalue weighted by molar-refractivity contribution is 5.29. The first kappa shape index (κ1) is 14.2. The topological polar surface area (TPSA) is 29.3 Å². The number of rotatable bonds is 7. The molecule has 2 nitrogen and oxygen atoms in total. The van der Waals surface area contributed by atoms with Crippen LogP contribution in [0.3, 0.4) is 0 Å². The van der Waals surface area contributed by atoms with Crippen molar-refractivity contribution in [2.45, 2.75) is 39.2 Å². The highest BCUT2D eigenvalue weighted by Gasteiger charge is 2.16. The molecule has 2 N–H and O–H groups in total. The van der Waals surface area contributed by atoms with Gasteiger partial charge in [-0.1, -0.05) is 44.0 Å². The Morgan fingerprint density at radius 3 is 2.53 bits per heavy atom. The van der Waals surface area contributed by atoms with Gasteiger partial charge >= 0.3 is 0 Å². The summed E-state index contributed by atoms with van der Waals surface area (Å²) in [7, 11) is 2.18. The van der Waals surface area contributed by atoms with Crippen molar-refractivity contribution in [2.24, 2.45) is 5.73 Å². The van der Waals surface area contributed by atoms with E-state index in [0.29, 0.717) is 12.6 Å². The molecule has 0 aliphatic carbocycles. The Labute approximate surface area is 106 Å². The number of nitrogens with two attached hydrogens (primary N) is 1. The van der Waals surface area contributed by atoms with E-state index >= 15 is 0 Å². The van der Waals surface area contributed by atoms with Crippen molar-refractivity contribution >= 4 is 0 Å². The van der Waals surface area contributed by atoms with E-state index < -0.39 is 0 Å². The number of likely N-dealkylation sites (N-methyl/N-ethyl adjacent to an activating group) is 1. The van der Waals surface area contributed by atoms with E-state index in [1.54, 1.807) is 0 Å². The lowest BCUT2D eigenvalue weighted by molar-refractivity contribution is 0.244. The van der Waals surface area contributed by atoms with Crippen LogP contribution in [0.4, 0.5) is 0 Å². The van der Waals surface area contributed by atoms with Crippen molar-refractivity contribution < 1.29 is 0 Å². The number of benzene rings is 1. The minimum atomic E-state index is 0.355. The molecule has 0 spiro atoms. The van der Waals surface area contributed by atoms with E-state index in [4.69, 9.17) is 5.73 Å². The van der Waals surface area contributed by atoms with Gasteiger partial charge in [-0.25, -0.2) is 0 Å².